The minimum absolute atomic E-state index is 0.0331. The molecule has 3 saturated carbocycles. The van der Waals surface area contributed by atoms with Crippen molar-refractivity contribution in [3.63, 3.8) is 0 Å². The number of rotatable bonds is 8. The standard InChI is InChI=1S/C31H36Cl2F3N3O4/c1-5-43-28(42)30(4)11-9-17(10-12-30)39-26(31(34,35)36)19(15-37-39)27(41)38(18-13-20-21(14-18)29(20,2)3)16-24(40)25-22(32)7-6-8-23(25)33/h6-8,15,17-18,20-21H,5,9-14,16H2,1-4H3/t17?,18?,20-,21+,30?. The first kappa shape index (κ1) is 31.8. The molecule has 0 aliphatic heterocycles. The molecule has 1 unspecified atom stereocenters. The van der Waals surface area contributed by atoms with Gasteiger partial charge >= 0.3 is 12.1 Å². The van der Waals surface area contributed by atoms with Crippen molar-refractivity contribution in [3.05, 3.63) is 51.3 Å². The molecule has 7 nitrogen and oxygen atoms in total. The summed E-state index contributed by atoms with van der Waals surface area (Å²) in [6.45, 7) is 7.52. The molecule has 3 fully saturated rings. The van der Waals surface area contributed by atoms with Gasteiger partial charge in [-0.05, 0) is 81.8 Å². The topological polar surface area (TPSA) is 81.5 Å². The number of carbonyl (C=O) groups is 3. The Morgan fingerprint density at radius 2 is 1.65 bits per heavy atom. The number of nitrogens with zero attached hydrogens (tertiary/aromatic N) is 3. The second-order valence-corrected chi connectivity index (χ2v) is 13.8. The number of ether oxygens (including phenoxy) is 1. The zero-order chi connectivity index (χ0) is 31.5. The lowest BCUT2D eigenvalue weighted by molar-refractivity contribution is -0.157. The highest BCUT2D eigenvalue weighted by Crippen LogP contribution is 2.67. The van der Waals surface area contributed by atoms with Crippen LogP contribution in [0.2, 0.25) is 10.0 Å². The second kappa shape index (κ2) is 11.4. The molecular weight excluding hydrogens is 606 g/mol. The summed E-state index contributed by atoms with van der Waals surface area (Å²) in [5.41, 5.74) is -2.39. The predicted molar refractivity (Wildman–Crippen MR) is 155 cm³/mol. The van der Waals surface area contributed by atoms with Gasteiger partial charge in [0.1, 0.15) is 0 Å². The van der Waals surface area contributed by atoms with E-state index in [4.69, 9.17) is 27.9 Å². The number of hydrogen-bond donors (Lipinski definition) is 0. The van der Waals surface area contributed by atoms with Gasteiger partial charge in [0.2, 0.25) is 0 Å². The molecule has 1 aromatic heterocycles. The third-order valence-electron chi connectivity index (χ3n) is 10.1. The Bertz CT molecular complexity index is 1400. The van der Waals surface area contributed by atoms with Crippen molar-refractivity contribution in [3.8, 4) is 0 Å². The number of ketones is 1. The molecule has 43 heavy (non-hydrogen) atoms. The Hall–Kier alpha value is -2.59. The van der Waals surface area contributed by atoms with E-state index >= 15 is 0 Å². The summed E-state index contributed by atoms with van der Waals surface area (Å²) < 4.78 is 50.1. The molecule has 1 aromatic carbocycles. The highest BCUT2D eigenvalue weighted by atomic mass is 35.5. The Kier molecular flexibility index (Phi) is 8.44. The van der Waals surface area contributed by atoms with Gasteiger partial charge in [-0.15, -0.1) is 0 Å². The van der Waals surface area contributed by atoms with Crippen LogP contribution in [0.15, 0.2) is 24.4 Å². The maximum atomic E-state index is 14.7. The summed E-state index contributed by atoms with van der Waals surface area (Å²) in [5.74, 6) is -1.15. The second-order valence-electron chi connectivity index (χ2n) is 13.0. The van der Waals surface area contributed by atoms with Gasteiger partial charge in [0.25, 0.3) is 5.91 Å². The quantitative estimate of drug-likeness (QED) is 0.218. The number of aromatic nitrogens is 2. The minimum atomic E-state index is -4.88. The third kappa shape index (κ3) is 5.81. The number of alkyl halides is 3. The molecule has 2 aromatic rings. The molecule has 0 saturated heterocycles. The largest absolute Gasteiger partial charge is 0.466 e. The van der Waals surface area contributed by atoms with E-state index in [1.54, 1.807) is 19.9 Å². The summed E-state index contributed by atoms with van der Waals surface area (Å²) in [6.07, 6.45) is -1.54. The molecule has 3 aliphatic carbocycles. The van der Waals surface area contributed by atoms with Gasteiger partial charge in [-0.3, -0.25) is 19.1 Å². The maximum Gasteiger partial charge on any atom is 0.433 e. The van der Waals surface area contributed by atoms with Gasteiger partial charge in [-0.1, -0.05) is 43.1 Å². The minimum Gasteiger partial charge on any atom is -0.466 e. The van der Waals surface area contributed by atoms with Crippen LogP contribution in [-0.4, -0.2) is 51.5 Å². The Morgan fingerprint density at radius 1 is 1.07 bits per heavy atom. The van der Waals surface area contributed by atoms with Crippen LogP contribution in [0.3, 0.4) is 0 Å². The van der Waals surface area contributed by atoms with Crippen LogP contribution < -0.4 is 0 Å². The summed E-state index contributed by atoms with van der Waals surface area (Å²) in [7, 11) is 0. The van der Waals surface area contributed by atoms with Crippen LogP contribution in [-0.2, 0) is 15.7 Å². The number of hydrogen-bond acceptors (Lipinski definition) is 5. The summed E-state index contributed by atoms with van der Waals surface area (Å²) >= 11 is 12.5. The highest BCUT2D eigenvalue weighted by Gasteiger charge is 2.63. The Balaban J connectivity index is 1.45. The van der Waals surface area contributed by atoms with E-state index in [1.807, 2.05) is 0 Å². The molecule has 0 spiro atoms. The van der Waals surface area contributed by atoms with Crippen molar-refractivity contribution in [2.75, 3.05) is 13.2 Å². The number of halogens is 5. The van der Waals surface area contributed by atoms with Crippen LogP contribution in [0.4, 0.5) is 13.2 Å². The van der Waals surface area contributed by atoms with E-state index in [0.29, 0.717) is 37.5 Å². The number of fused-ring (bicyclic) bond motifs is 1. The van der Waals surface area contributed by atoms with Gasteiger partial charge in [0.15, 0.2) is 11.5 Å². The SMILES string of the molecule is CCOC(=O)C1(C)CCC(n2ncc(C(=O)N(CC(=O)c3c(Cl)cccc3Cl)C3C[C@@H]4[C@H](C3)C4(C)C)c2C(F)(F)F)CC1. The van der Waals surface area contributed by atoms with E-state index in [-0.39, 0.29) is 46.4 Å². The van der Waals surface area contributed by atoms with E-state index in [2.05, 4.69) is 18.9 Å². The molecule has 0 radical (unpaired) electrons. The molecule has 3 atom stereocenters. The predicted octanol–water partition coefficient (Wildman–Crippen LogP) is 7.65. The van der Waals surface area contributed by atoms with Crippen LogP contribution in [0.1, 0.15) is 98.7 Å². The van der Waals surface area contributed by atoms with Crippen molar-refractivity contribution in [2.24, 2.45) is 22.7 Å². The van der Waals surface area contributed by atoms with Gasteiger partial charge in [-0.25, -0.2) is 0 Å². The molecule has 1 heterocycles. The zero-order valence-electron chi connectivity index (χ0n) is 24.6. The first-order chi connectivity index (χ1) is 20.1. The molecular formula is C31H36Cl2F3N3O4. The Morgan fingerprint density at radius 3 is 2.19 bits per heavy atom. The molecule has 0 bridgehead atoms. The Labute approximate surface area is 259 Å². The van der Waals surface area contributed by atoms with Crippen LogP contribution in [0.25, 0.3) is 0 Å². The average molecular weight is 643 g/mol. The normalized spacial score (nSPS) is 27.8. The van der Waals surface area contributed by atoms with Crippen molar-refractivity contribution in [2.45, 2.75) is 84.5 Å². The lowest BCUT2D eigenvalue weighted by Crippen LogP contribution is -2.44. The molecule has 234 valence electrons. The first-order valence-corrected chi connectivity index (χ1v) is 15.5. The van der Waals surface area contributed by atoms with E-state index in [1.165, 1.54) is 17.0 Å². The number of amides is 1. The van der Waals surface area contributed by atoms with Crippen molar-refractivity contribution < 1.29 is 32.3 Å². The molecule has 1 amide bonds. The zero-order valence-corrected chi connectivity index (χ0v) is 26.2. The average Bonchev–Trinajstić information content (AvgIpc) is 3.36. The molecule has 12 heteroatoms. The van der Waals surface area contributed by atoms with E-state index < -0.39 is 53.2 Å². The van der Waals surface area contributed by atoms with Gasteiger partial charge in [-0.2, -0.15) is 18.3 Å². The van der Waals surface area contributed by atoms with Gasteiger partial charge < -0.3 is 9.64 Å². The van der Waals surface area contributed by atoms with Crippen molar-refractivity contribution >= 4 is 40.9 Å². The fourth-order valence-corrected chi connectivity index (χ4v) is 7.93. The number of Topliss-reactive ketones (excluding diaryl/α,β-unsaturated/α-hetero) is 1. The smallest absolute Gasteiger partial charge is 0.433 e. The van der Waals surface area contributed by atoms with E-state index in [0.717, 1.165) is 10.9 Å². The van der Waals surface area contributed by atoms with Gasteiger partial charge in [0.05, 0.1) is 52.0 Å². The van der Waals surface area contributed by atoms with E-state index in [9.17, 15) is 27.6 Å². The van der Waals surface area contributed by atoms with Crippen molar-refractivity contribution in [1.82, 2.24) is 14.7 Å². The van der Waals surface area contributed by atoms with Crippen LogP contribution >= 0.6 is 23.2 Å². The number of carbonyl (C=O) groups excluding carboxylic acids is 3. The molecule has 0 N–H and O–H groups in total. The third-order valence-corrected chi connectivity index (χ3v) is 10.7. The summed E-state index contributed by atoms with van der Waals surface area (Å²) in [4.78, 5) is 41.3. The number of esters is 1. The first-order valence-electron chi connectivity index (χ1n) is 14.7. The maximum absolute atomic E-state index is 14.7. The lowest BCUT2D eigenvalue weighted by Gasteiger charge is -2.36. The lowest BCUT2D eigenvalue weighted by atomic mass is 9.74. The van der Waals surface area contributed by atoms with Crippen molar-refractivity contribution in [1.29, 1.82) is 0 Å². The molecule has 3 aliphatic rings. The van der Waals surface area contributed by atoms with Gasteiger partial charge in [0, 0.05) is 6.04 Å². The van der Waals surface area contributed by atoms with Crippen LogP contribution in [0, 0.1) is 22.7 Å². The van der Waals surface area contributed by atoms with Crippen LogP contribution in [0.5, 0.6) is 0 Å². The summed E-state index contributed by atoms with van der Waals surface area (Å²) in [5, 5.41) is 4.30. The summed E-state index contributed by atoms with van der Waals surface area (Å²) in [6, 6.07) is 3.52. The monoisotopic (exact) mass is 641 g/mol. The highest BCUT2D eigenvalue weighted by molar-refractivity contribution is 6.40. The number of benzene rings is 1. The fourth-order valence-electron chi connectivity index (χ4n) is 7.32. The fraction of sp³-hybridized carbons (Fsp3) is 0.613. The molecule has 5 rings (SSSR count).